The van der Waals surface area contributed by atoms with Crippen LogP contribution in [0.5, 0.6) is 0 Å². The zero-order chi connectivity index (χ0) is 13.4. The van der Waals surface area contributed by atoms with Crippen LogP contribution >= 0.6 is 11.8 Å². The van der Waals surface area contributed by atoms with Crippen molar-refractivity contribution in [3.63, 3.8) is 0 Å². The quantitative estimate of drug-likeness (QED) is 0.890. The zero-order valence-electron chi connectivity index (χ0n) is 10.7. The Morgan fingerprint density at radius 2 is 1.83 bits per heavy atom. The van der Waals surface area contributed by atoms with Crippen LogP contribution in [0, 0.1) is 17.0 Å². The largest absolute Gasteiger partial charge is 0.389 e. The van der Waals surface area contributed by atoms with E-state index in [1.165, 1.54) is 18.2 Å². The lowest BCUT2D eigenvalue weighted by molar-refractivity contribution is 0.0185. The first kappa shape index (κ1) is 13.8. The van der Waals surface area contributed by atoms with Gasteiger partial charge in [0, 0.05) is 17.7 Å². The fourth-order valence-electron chi connectivity index (χ4n) is 2.65. The molecule has 1 saturated heterocycles. The van der Waals surface area contributed by atoms with Gasteiger partial charge in [-0.05, 0) is 29.7 Å². The molecule has 0 aliphatic carbocycles. The summed E-state index contributed by atoms with van der Waals surface area (Å²) in [6.45, 7) is 4.14. The van der Waals surface area contributed by atoms with Crippen molar-refractivity contribution < 1.29 is 13.9 Å². The Hall–Kier alpha value is -0.610. The van der Waals surface area contributed by atoms with E-state index in [1.54, 1.807) is 11.8 Å². The monoisotopic (exact) mass is 272 g/mol. The summed E-state index contributed by atoms with van der Waals surface area (Å²) in [5.74, 6) is 0.354. The predicted molar refractivity (Wildman–Crippen MR) is 70.7 cm³/mol. The number of thioether (sulfide) groups is 1. The van der Waals surface area contributed by atoms with Crippen LogP contribution < -0.4 is 0 Å². The lowest BCUT2D eigenvalue weighted by Crippen LogP contribution is -2.44. The maximum absolute atomic E-state index is 13.6. The number of rotatable bonds is 2. The molecule has 18 heavy (non-hydrogen) atoms. The van der Waals surface area contributed by atoms with Crippen molar-refractivity contribution in [2.45, 2.75) is 32.3 Å². The maximum Gasteiger partial charge on any atom is 0.129 e. The molecule has 1 N–H and O–H groups in total. The molecule has 1 unspecified atom stereocenters. The van der Waals surface area contributed by atoms with Gasteiger partial charge in [-0.1, -0.05) is 19.9 Å². The van der Waals surface area contributed by atoms with E-state index in [1.807, 2.05) is 0 Å². The summed E-state index contributed by atoms with van der Waals surface area (Å²) >= 11 is 1.64. The average Bonchev–Trinajstić information content (AvgIpc) is 2.22. The number of benzene rings is 1. The molecular weight excluding hydrogens is 254 g/mol. The van der Waals surface area contributed by atoms with Crippen molar-refractivity contribution in [3.8, 4) is 0 Å². The van der Waals surface area contributed by atoms with Crippen LogP contribution in [-0.4, -0.2) is 22.2 Å². The predicted octanol–water partition coefficient (Wildman–Crippen LogP) is 3.40. The highest BCUT2D eigenvalue weighted by molar-refractivity contribution is 7.99. The van der Waals surface area contributed by atoms with Gasteiger partial charge < -0.3 is 5.11 Å². The van der Waals surface area contributed by atoms with Gasteiger partial charge in [0.2, 0.25) is 0 Å². The Morgan fingerprint density at radius 1 is 1.22 bits per heavy atom. The van der Waals surface area contributed by atoms with Crippen molar-refractivity contribution in [2.75, 3.05) is 11.5 Å². The second kappa shape index (κ2) is 4.82. The lowest BCUT2D eigenvalue weighted by Gasteiger charge is -2.41. The molecule has 0 bridgehead atoms. The van der Waals surface area contributed by atoms with Gasteiger partial charge in [-0.15, -0.1) is 0 Å². The van der Waals surface area contributed by atoms with Crippen molar-refractivity contribution >= 4 is 11.8 Å². The Labute approximate surface area is 111 Å². The van der Waals surface area contributed by atoms with E-state index in [0.29, 0.717) is 12.2 Å². The summed E-state index contributed by atoms with van der Waals surface area (Å²) in [6, 6.07) is 3.82. The summed E-state index contributed by atoms with van der Waals surface area (Å²) in [5.41, 5.74) is -1.02. The third kappa shape index (κ3) is 3.04. The average molecular weight is 272 g/mol. The third-order valence-corrected chi connectivity index (χ3v) is 4.97. The third-order valence-electron chi connectivity index (χ3n) is 3.24. The van der Waals surface area contributed by atoms with Crippen LogP contribution in [0.2, 0.25) is 0 Å². The van der Waals surface area contributed by atoms with Gasteiger partial charge >= 0.3 is 0 Å². The van der Waals surface area contributed by atoms with E-state index in [9.17, 15) is 13.9 Å². The molecule has 100 valence electrons. The van der Waals surface area contributed by atoms with Crippen LogP contribution in [0.4, 0.5) is 8.78 Å². The summed E-state index contributed by atoms with van der Waals surface area (Å²) < 4.78 is 27.2. The van der Waals surface area contributed by atoms with Crippen LogP contribution in [0.15, 0.2) is 18.2 Å². The number of hydrogen-bond acceptors (Lipinski definition) is 2. The van der Waals surface area contributed by atoms with Gasteiger partial charge in [-0.25, -0.2) is 8.78 Å². The fraction of sp³-hybridized carbons (Fsp3) is 0.571. The molecule has 1 heterocycles. The van der Waals surface area contributed by atoms with Crippen molar-refractivity contribution in [1.29, 1.82) is 0 Å². The van der Waals surface area contributed by atoms with Gasteiger partial charge in [0.05, 0.1) is 5.60 Å². The van der Waals surface area contributed by atoms with Crippen LogP contribution in [0.25, 0.3) is 0 Å². The molecular formula is C14H18F2OS. The lowest BCUT2D eigenvalue weighted by atomic mass is 9.79. The number of aliphatic hydroxyl groups is 1. The Balaban J connectivity index is 2.22. The minimum atomic E-state index is -1.02. The highest BCUT2D eigenvalue weighted by atomic mass is 32.2. The Bertz CT molecular complexity index is 427. The number of halogens is 2. The van der Waals surface area contributed by atoms with Gasteiger partial charge in [0.25, 0.3) is 0 Å². The first-order valence-corrected chi connectivity index (χ1v) is 7.20. The second-order valence-electron chi connectivity index (χ2n) is 5.94. The molecule has 0 saturated carbocycles. The molecule has 1 aliphatic heterocycles. The fourth-order valence-corrected chi connectivity index (χ4v) is 3.99. The van der Waals surface area contributed by atoms with E-state index >= 15 is 0 Å². The molecule has 2 rings (SSSR count). The van der Waals surface area contributed by atoms with Crippen LogP contribution in [0.3, 0.4) is 0 Å². The zero-order valence-corrected chi connectivity index (χ0v) is 11.5. The van der Waals surface area contributed by atoms with Gasteiger partial charge in [0.1, 0.15) is 11.6 Å². The molecule has 1 aromatic carbocycles. The first-order chi connectivity index (χ1) is 8.31. The summed E-state index contributed by atoms with van der Waals surface area (Å²) in [5, 5.41) is 10.6. The summed E-state index contributed by atoms with van der Waals surface area (Å²) in [6.07, 6.45) is 0.614. The molecule has 0 aromatic heterocycles. The molecule has 4 heteroatoms. The van der Waals surface area contributed by atoms with Crippen molar-refractivity contribution in [2.24, 2.45) is 5.41 Å². The number of hydrogen-bond donors (Lipinski definition) is 1. The molecule has 1 nitrogen and oxygen atoms in total. The molecule has 1 atom stereocenters. The molecule has 0 spiro atoms. The summed E-state index contributed by atoms with van der Waals surface area (Å²) in [7, 11) is 0. The highest BCUT2D eigenvalue weighted by Gasteiger charge is 2.39. The first-order valence-electron chi connectivity index (χ1n) is 6.04. The topological polar surface area (TPSA) is 20.2 Å². The Kier molecular flexibility index (Phi) is 3.70. The van der Waals surface area contributed by atoms with E-state index in [4.69, 9.17) is 0 Å². The van der Waals surface area contributed by atoms with Crippen LogP contribution in [-0.2, 0) is 6.42 Å². The molecule has 1 aliphatic rings. The minimum absolute atomic E-state index is 0.000596. The van der Waals surface area contributed by atoms with Gasteiger partial charge in [0.15, 0.2) is 0 Å². The molecule has 1 aromatic rings. The van der Waals surface area contributed by atoms with E-state index in [2.05, 4.69) is 13.8 Å². The van der Waals surface area contributed by atoms with Crippen LogP contribution in [0.1, 0.15) is 25.8 Å². The van der Waals surface area contributed by atoms with Gasteiger partial charge in [-0.2, -0.15) is 11.8 Å². The normalized spacial score (nSPS) is 27.2. The smallest absolute Gasteiger partial charge is 0.129 e. The van der Waals surface area contributed by atoms with E-state index in [-0.39, 0.29) is 17.4 Å². The van der Waals surface area contributed by atoms with Crippen molar-refractivity contribution in [1.82, 2.24) is 0 Å². The maximum atomic E-state index is 13.6. The van der Waals surface area contributed by atoms with Crippen molar-refractivity contribution in [3.05, 3.63) is 35.4 Å². The minimum Gasteiger partial charge on any atom is -0.389 e. The highest BCUT2D eigenvalue weighted by Crippen LogP contribution is 2.41. The molecule has 0 radical (unpaired) electrons. The SMILES string of the molecule is CC1(C)CSCC(O)(Cc2c(F)cccc2F)C1. The van der Waals surface area contributed by atoms with Gasteiger partial charge in [-0.3, -0.25) is 0 Å². The second-order valence-corrected chi connectivity index (χ2v) is 6.92. The Morgan fingerprint density at radius 3 is 2.39 bits per heavy atom. The van der Waals surface area contributed by atoms with E-state index < -0.39 is 17.2 Å². The molecule has 1 fully saturated rings. The standard InChI is InChI=1S/C14H18F2OS/c1-13(2)7-14(17,9-18-8-13)6-10-11(15)4-3-5-12(10)16/h3-5,17H,6-9H2,1-2H3. The van der Waals surface area contributed by atoms with E-state index in [0.717, 1.165) is 5.75 Å². The summed E-state index contributed by atoms with van der Waals surface area (Å²) in [4.78, 5) is 0. The molecule has 0 amide bonds.